The Bertz CT molecular complexity index is 900. The first-order chi connectivity index (χ1) is 11.9. The maximum atomic E-state index is 13.1. The summed E-state index contributed by atoms with van der Waals surface area (Å²) in [6, 6.07) is 16.9. The smallest absolute Gasteiger partial charge is 0.239 e. The molecule has 6 heteroatoms. The van der Waals surface area contributed by atoms with Crippen LogP contribution in [-0.2, 0) is 10.3 Å². The third-order valence-corrected chi connectivity index (χ3v) is 5.14. The number of likely N-dealkylation sites (N-methyl/N-ethyl adjacent to an activating group) is 1. The van der Waals surface area contributed by atoms with Gasteiger partial charge in [0.1, 0.15) is 5.54 Å². The predicted octanol–water partition coefficient (Wildman–Crippen LogP) is 3.11. The second-order valence-corrected chi connectivity index (χ2v) is 7.11. The Morgan fingerprint density at radius 1 is 1.28 bits per heavy atom. The summed E-state index contributed by atoms with van der Waals surface area (Å²) < 4.78 is 0.934. The van der Waals surface area contributed by atoms with E-state index in [4.69, 9.17) is 5.73 Å². The Hall–Kier alpha value is -2.65. The highest BCUT2D eigenvalue weighted by atomic mass is 79.9. The van der Waals surface area contributed by atoms with E-state index in [1.165, 1.54) is 4.90 Å². The molecule has 0 saturated carbocycles. The van der Waals surface area contributed by atoms with E-state index >= 15 is 0 Å². The van der Waals surface area contributed by atoms with Crippen molar-refractivity contribution in [3.63, 3.8) is 0 Å². The molecule has 1 amide bonds. The minimum absolute atomic E-state index is 0.125. The lowest BCUT2D eigenvalue weighted by atomic mass is 9.74. The molecule has 2 aromatic rings. The van der Waals surface area contributed by atoms with Crippen molar-refractivity contribution in [2.75, 3.05) is 7.05 Å². The fraction of sp³-hybridized carbons (Fsp3) is 0.211. The maximum absolute atomic E-state index is 13.1. The molecule has 0 fully saturated rings. The summed E-state index contributed by atoms with van der Waals surface area (Å²) in [6.45, 7) is 1.88. The van der Waals surface area contributed by atoms with E-state index in [1.807, 2.05) is 37.3 Å². The summed E-state index contributed by atoms with van der Waals surface area (Å²) in [7, 11) is 1.62. The lowest BCUT2D eigenvalue weighted by Gasteiger charge is -2.41. The number of benzene rings is 2. The van der Waals surface area contributed by atoms with Gasteiger partial charge in [0, 0.05) is 11.5 Å². The number of guanidine groups is 1. The van der Waals surface area contributed by atoms with Gasteiger partial charge in [0.05, 0.1) is 17.6 Å². The van der Waals surface area contributed by atoms with Gasteiger partial charge in [-0.05, 0) is 42.3 Å². The Morgan fingerprint density at radius 2 is 1.96 bits per heavy atom. The van der Waals surface area contributed by atoms with Crippen LogP contribution < -0.4 is 5.73 Å². The van der Waals surface area contributed by atoms with E-state index in [9.17, 15) is 10.1 Å². The third-order valence-electron chi connectivity index (χ3n) is 4.61. The summed E-state index contributed by atoms with van der Waals surface area (Å²) in [4.78, 5) is 19.1. The number of rotatable bonds is 2. The van der Waals surface area contributed by atoms with Crippen LogP contribution in [0.3, 0.4) is 0 Å². The summed E-state index contributed by atoms with van der Waals surface area (Å²) in [5.74, 6) is -0.491. The Labute approximate surface area is 154 Å². The van der Waals surface area contributed by atoms with Gasteiger partial charge in [-0.15, -0.1) is 0 Å². The monoisotopic (exact) mass is 396 g/mol. The Morgan fingerprint density at radius 3 is 2.60 bits per heavy atom. The molecule has 1 unspecified atom stereocenters. The van der Waals surface area contributed by atoms with Crippen LogP contribution in [0.5, 0.6) is 0 Å². The van der Waals surface area contributed by atoms with Crippen LogP contribution in [0.2, 0.25) is 0 Å². The zero-order valence-electron chi connectivity index (χ0n) is 13.9. The number of amides is 1. The number of hydrogen-bond donors (Lipinski definition) is 1. The van der Waals surface area contributed by atoms with E-state index in [1.54, 1.807) is 25.2 Å². The van der Waals surface area contributed by atoms with E-state index in [2.05, 4.69) is 27.0 Å². The molecule has 3 rings (SSSR count). The molecular formula is C19H17BrN4O. The minimum atomic E-state index is -0.894. The number of carbonyl (C=O) groups is 1. The number of nitrogens with two attached hydrogens (primary N) is 1. The van der Waals surface area contributed by atoms with Crippen molar-refractivity contribution < 1.29 is 4.79 Å². The zero-order chi connectivity index (χ0) is 18.2. The summed E-state index contributed by atoms with van der Waals surface area (Å²) in [5.41, 5.74) is 7.26. The molecular weight excluding hydrogens is 380 g/mol. The quantitative estimate of drug-likeness (QED) is 0.846. The molecule has 5 nitrogen and oxygen atoms in total. The number of hydrogen-bond acceptors (Lipinski definition) is 4. The van der Waals surface area contributed by atoms with E-state index in [0.717, 1.165) is 15.6 Å². The predicted molar refractivity (Wildman–Crippen MR) is 99.8 cm³/mol. The van der Waals surface area contributed by atoms with Gasteiger partial charge in [-0.2, -0.15) is 5.26 Å². The summed E-state index contributed by atoms with van der Waals surface area (Å²) in [5, 5.41) is 9.21. The van der Waals surface area contributed by atoms with Crippen molar-refractivity contribution in [1.29, 1.82) is 5.26 Å². The second kappa shape index (κ2) is 6.34. The molecule has 25 heavy (non-hydrogen) atoms. The lowest BCUT2D eigenvalue weighted by molar-refractivity contribution is -0.130. The molecule has 0 saturated heterocycles. The van der Waals surface area contributed by atoms with Gasteiger partial charge < -0.3 is 5.73 Å². The van der Waals surface area contributed by atoms with Gasteiger partial charge in [-0.1, -0.05) is 40.2 Å². The topological polar surface area (TPSA) is 82.5 Å². The Kier molecular flexibility index (Phi) is 4.36. The van der Waals surface area contributed by atoms with Crippen LogP contribution in [-0.4, -0.2) is 23.8 Å². The molecule has 2 N–H and O–H groups in total. The number of halogens is 1. The van der Waals surface area contributed by atoms with Crippen LogP contribution in [0, 0.1) is 11.3 Å². The Balaban J connectivity index is 2.23. The molecule has 0 aliphatic carbocycles. The van der Waals surface area contributed by atoms with Crippen molar-refractivity contribution in [3.8, 4) is 6.07 Å². The molecule has 1 heterocycles. The van der Waals surface area contributed by atoms with Gasteiger partial charge >= 0.3 is 0 Å². The van der Waals surface area contributed by atoms with Crippen molar-refractivity contribution in [3.05, 3.63) is 69.7 Å². The number of nitriles is 1. The third kappa shape index (κ3) is 2.92. The number of nitrogens with zero attached hydrogens (tertiary/aromatic N) is 3. The molecule has 0 radical (unpaired) electrons. The lowest BCUT2D eigenvalue weighted by Crippen LogP contribution is -2.52. The highest BCUT2D eigenvalue weighted by Gasteiger charge is 2.47. The number of carbonyl (C=O) groups excluding carboxylic acids is 1. The fourth-order valence-electron chi connectivity index (χ4n) is 3.18. The van der Waals surface area contributed by atoms with Crippen LogP contribution in [0.4, 0.5) is 0 Å². The molecule has 1 aliphatic rings. The zero-order valence-corrected chi connectivity index (χ0v) is 15.5. The van der Waals surface area contributed by atoms with Crippen molar-refractivity contribution in [2.45, 2.75) is 18.4 Å². The van der Waals surface area contributed by atoms with E-state index in [-0.39, 0.29) is 11.9 Å². The van der Waals surface area contributed by atoms with Crippen LogP contribution in [0.1, 0.15) is 29.5 Å². The van der Waals surface area contributed by atoms with Crippen LogP contribution in [0.25, 0.3) is 0 Å². The van der Waals surface area contributed by atoms with Gasteiger partial charge in [-0.25, -0.2) is 4.99 Å². The van der Waals surface area contributed by atoms with Crippen molar-refractivity contribution in [1.82, 2.24) is 4.90 Å². The average molecular weight is 397 g/mol. The molecule has 0 aromatic heterocycles. The molecule has 2 aromatic carbocycles. The highest BCUT2D eigenvalue weighted by Crippen LogP contribution is 2.44. The number of aliphatic imine (C=N–C) groups is 1. The first-order valence-corrected chi connectivity index (χ1v) is 8.55. The SMILES string of the molecule is CN1C(=O)C(c2ccc(Br)cc2)[C@@](C)(c2cccc(C#N)c2)N=C1N. The molecule has 2 atom stereocenters. The largest absolute Gasteiger partial charge is 0.369 e. The summed E-state index contributed by atoms with van der Waals surface area (Å²) in [6.07, 6.45) is 0. The highest BCUT2D eigenvalue weighted by molar-refractivity contribution is 9.10. The van der Waals surface area contributed by atoms with Gasteiger partial charge in [0.15, 0.2) is 5.96 Å². The van der Waals surface area contributed by atoms with Gasteiger partial charge in [0.2, 0.25) is 5.91 Å². The van der Waals surface area contributed by atoms with E-state index in [0.29, 0.717) is 5.56 Å². The first kappa shape index (κ1) is 17.2. The van der Waals surface area contributed by atoms with Crippen molar-refractivity contribution in [2.24, 2.45) is 10.7 Å². The second-order valence-electron chi connectivity index (χ2n) is 6.19. The van der Waals surface area contributed by atoms with Crippen molar-refractivity contribution >= 4 is 27.8 Å². The average Bonchev–Trinajstić information content (AvgIpc) is 2.61. The molecule has 126 valence electrons. The maximum Gasteiger partial charge on any atom is 0.239 e. The molecule has 0 spiro atoms. The standard InChI is InChI=1S/C19H17BrN4O/c1-19(14-5-3-4-12(10-14)11-21)16(13-6-8-15(20)9-7-13)17(25)24(2)18(22)23-19/h3-10,16H,1-2H3,(H2,22,23)/t16?,19-/m1/s1. The molecule has 1 aliphatic heterocycles. The van der Waals surface area contributed by atoms with Gasteiger partial charge in [-0.3, -0.25) is 9.69 Å². The normalized spacial score (nSPS) is 23.1. The van der Waals surface area contributed by atoms with E-state index < -0.39 is 11.5 Å². The summed E-state index contributed by atoms with van der Waals surface area (Å²) >= 11 is 3.42. The van der Waals surface area contributed by atoms with Crippen LogP contribution in [0.15, 0.2) is 58.0 Å². The fourth-order valence-corrected chi connectivity index (χ4v) is 3.45. The molecule has 0 bridgehead atoms. The first-order valence-electron chi connectivity index (χ1n) is 7.76. The van der Waals surface area contributed by atoms with Gasteiger partial charge in [0.25, 0.3) is 0 Å². The van der Waals surface area contributed by atoms with Crippen LogP contribution >= 0.6 is 15.9 Å². The minimum Gasteiger partial charge on any atom is -0.369 e.